The van der Waals surface area contributed by atoms with E-state index in [1.54, 1.807) is 6.07 Å². The van der Waals surface area contributed by atoms with Gasteiger partial charge in [0.2, 0.25) is 0 Å². The van der Waals surface area contributed by atoms with Crippen molar-refractivity contribution in [3.8, 4) is 0 Å². The number of hydrogen-bond donors (Lipinski definition) is 1. The second kappa shape index (κ2) is 6.94. The standard InChI is InChI=1S/C15H14ClFOS/c16-12-4-2-6-15(9-12)19-10-14(18)8-11-3-1-5-13(17)7-11/h1-7,9,14,18H,8,10H2. The SMILES string of the molecule is OC(CSc1cccc(Cl)c1)Cc1cccc(F)c1. The highest BCUT2D eigenvalue weighted by Crippen LogP contribution is 2.23. The molecular weight excluding hydrogens is 283 g/mol. The van der Waals surface area contributed by atoms with Crippen molar-refractivity contribution < 1.29 is 9.50 Å². The summed E-state index contributed by atoms with van der Waals surface area (Å²) in [5.74, 6) is 0.281. The number of aliphatic hydroxyl groups is 1. The van der Waals surface area contributed by atoms with Gasteiger partial charge in [-0.25, -0.2) is 4.39 Å². The monoisotopic (exact) mass is 296 g/mol. The molecule has 1 unspecified atom stereocenters. The van der Waals surface area contributed by atoms with Gasteiger partial charge in [0.1, 0.15) is 5.82 Å². The number of rotatable bonds is 5. The number of thioether (sulfide) groups is 1. The van der Waals surface area contributed by atoms with Crippen LogP contribution in [0.3, 0.4) is 0 Å². The fraction of sp³-hybridized carbons (Fsp3) is 0.200. The molecule has 0 saturated heterocycles. The molecule has 0 fully saturated rings. The molecule has 0 radical (unpaired) electrons. The van der Waals surface area contributed by atoms with Gasteiger partial charge in [0.05, 0.1) is 6.10 Å². The van der Waals surface area contributed by atoms with Gasteiger partial charge in [-0.1, -0.05) is 29.8 Å². The third kappa shape index (κ3) is 4.86. The van der Waals surface area contributed by atoms with Gasteiger partial charge < -0.3 is 5.11 Å². The predicted molar refractivity (Wildman–Crippen MR) is 78.3 cm³/mol. The molecule has 0 aromatic heterocycles. The summed E-state index contributed by atoms with van der Waals surface area (Å²) in [6.45, 7) is 0. The fourth-order valence-corrected chi connectivity index (χ4v) is 2.89. The Morgan fingerprint density at radius 3 is 2.68 bits per heavy atom. The molecule has 0 aliphatic rings. The molecule has 19 heavy (non-hydrogen) atoms. The molecule has 2 rings (SSSR count). The van der Waals surface area contributed by atoms with Gasteiger partial charge in [-0.2, -0.15) is 0 Å². The van der Waals surface area contributed by atoms with Gasteiger partial charge in [-0.3, -0.25) is 0 Å². The minimum atomic E-state index is -0.509. The molecule has 2 aromatic rings. The average Bonchev–Trinajstić information content (AvgIpc) is 2.36. The van der Waals surface area contributed by atoms with E-state index in [0.29, 0.717) is 17.2 Å². The first-order chi connectivity index (χ1) is 9.13. The lowest BCUT2D eigenvalue weighted by atomic mass is 10.1. The summed E-state index contributed by atoms with van der Waals surface area (Å²) in [4.78, 5) is 1.02. The Hall–Kier alpha value is -1.03. The van der Waals surface area contributed by atoms with Crippen LogP contribution in [0, 0.1) is 5.82 Å². The van der Waals surface area contributed by atoms with Gasteiger partial charge in [0.15, 0.2) is 0 Å². The van der Waals surface area contributed by atoms with E-state index in [4.69, 9.17) is 11.6 Å². The highest BCUT2D eigenvalue weighted by Gasteiger charge is 2.07. The van der Waals surface area contributed by atoms with Crippen LogP contribution < -0.4 is 0 Å². The van der Waals surface area contributed by atoms with Crippen LogP contribution in [-0.2, 0) is 6.42 Å². The van der Waals surface area contributed by atoms with Crippen molar-refractivity contribution in [2.75, 3.05) is 5.75 Å². The Labute approximate surface area is 121 Å². The van der Waals surface area contributed by atoms with E-state index in [-0.39, 0.29) is 5.82 Å². The smallest absolute Gasteiger partial charge is 0.123 e. The van der Waals surface area contributed by atoms with Gasteiger partial charge >= 0.3 is 0 Å². The van der Waals surface area contributed by atoms with E-state index in [0.717, 1.165) is 10.5 Å². The van der Waals surface area contributed by atoms with Crippen molar-refractivity contribution in [1.82, 2.24) is 0 Å². The Morgan fingerprint density at radius 2 is 1.95 bits per heavy atom. The molecule has 0 heterocycles. The first kappa shape index (κ1) is 14.4. The summed E-state index contributed by atoms with van der Waals surface area (Å²) in [6, 6.07) is 13.8. The summed E-state index contributed by atoms with van der Waals surface area (Å²) in [5, 5.41) is 10.6. The molecule has 2 aromatic carbocycles. The van der Waals surface area contributed by atoms with Crippen molar-refractivity contribution in [2.24, 2.45) is 0 Å². The summed E-state index contributed by atoms with van der Waals surface area (Å²) in [5.41, 5.74) is 0.805. The fourth-order valence-electron chi connectivity index (χ4n) is 1.74. The van der Waals surface area contributed by atoms with E-state index in [1.807, 2.05) is 30.3 Å². The molecule has 0 spiro atoms. The molecular formula is C15H14ClFOS. The lowest BCUT2D eigenvalue weighted by molar-refractivity contribution is 0.200. The third-order valence-corrected chi connectivity index (χ3v) is 3.97. The zero-order valence-corrected chi connectivity index (χ0v) is 11.8. The van der Waals surface area contributed by atoms with Crippen molar-refractivity contribution >= 4 is 23.4 Å². The van der Waals surface area contributed by atoms with Crippen LogP contribution in [0.25, 0.3) is 0 Å². The summed E-state index contributed by atoms with van der Waals surface area (Å²) in [7, 11) is 0. The second-order valence-corrected chi connectivity index (χ2v) is 5.79. The van der Waals surface area contributed by atoms with E-state index >= 15 is 0 Å². The van der Waals surface area contributed by atoms with Crippen LogP contribution >= 0.6 is 23.4 Å². The molecule has 1 nitrogen and oxygen atoms in total. The topological polar surface area (TPSA) is 20.2 Å². The maximum atomic E-state index is 13.0. The Morgan fingerprint density at radius 1 is 1.16 bits per heavy atom. The lowest BCUT2D eigenvalue weighted by Gasteiger charge is -2.10. The number of hydrogen-bond acceptors (Lipinski definition) is 2. The highest BCUT2D eigenvalue weighted by atomic mass is 35.5. The van der Waals surface area contributed by atoms with E-state index in [2.05, 4.69) is 0 Å². The molecule has 0 saturated carbocycles. The van der Waals surface area contributed by atoms with E-state index < -0.39 is 6.10 Å². The lowest BCUT2D eigenvalue weighted by Crippen LogP contribution is -2.13. The zero-order valence-electron chi connectivity index (χ0n) is 10.2. The predicted octanol–water partition coefficient (Wildman–Crippen LogP) is 4.17. The van der Waals surface area contributed by atoms with Gasteiger partial charge in [-0.15, -0.1) is 11.8 Å². The van der Waals surface area contributed by atoms with Crippen molar-refractivity contribution in [3.63, 3.8) is 0 Å². The largest absolute Gasteiger partial charge is 0.392 e. The van der Waals surface area contributed by atoms with Crippen LogP contribution in [0.5, 0.6) is 0 Å². The second-order valence-electron chi connectivity index (χ2n) is 4.26. The van der Waals surface area contributed by atoms with Crippen LogP contribution in [0.4, 0.5) is 4.39 Å². The highest BCUT2D eigenvalue weighted by molar-refractivity contribution is 7.99. The number of aliphatic hydroxyl groups excluding tert-OH is 1. The van der Waals surface area contributed by atoms with Crippen molar-refractivity contribution in [1.29, 1.82) is 0 Å². The van der Waals surface area contributed by atoms with E-state index in [1.165, 1.54) is 23.9 Å². The normalized spacial score (nSPS) is 12.4. The molecule has 1 atom stereocenters. The van der Waals surface area contributed by atoms with Crippen molar-refractivity contribution in [3.05, 3.63) is 64.9 Å². The summed E-state index contributed by atoms with van der Waals surface area (Å²) < 4.78 is 13.0. The molecule has 1 N–H and O–H groups in total. The maximum Gasteiger partial charge on any atom is 0.123 e. The first-order valence-corrected chi connectivity index (χ1v) is 7.31. The molecule has 0 aliphatic carbocycles. The Bertz CT molecular complexity index is 547. The summed E-state index contributed by atoms with van der Waals surface area (Å²) >= 11 is 7.43. The molecule has 100 valence electrons. The van der Waals surface area contributed by atoms with Crippen LogP contribution in [-0.4, -0.2) is 17.0 Å². The quantitative estimate of drug-likeness (QED) is 0.836. The van der Waals surface area contributed by atoms with Crippen LogP contribution in [0.2, 0.25) is 5.02 Å². The van der Waals surface area contributed by atoms with Gasteiger partial charge in [0, 0.05) is 15.7 Å². The zero-order chi connectivity index (χ0) is 13.7. The average molecular weight is 297 g/mol. The molecule has 0 bridgehead atoms. The third-order valence-electron chi connectivity index (χ3n) is 2.60. The Kier molecular flexibility index (Phi) is 5.25. The first-order valence-electron chi connectivity index (χ1n) is 5.94. The van der Waals surface area contributed by atoms with Crippen molar-refractivity contribution in [2.45, 2.75) is 17.4 Å². The van der Waals surface area contributed by atoms with Crippen LogP contribution in [0.1, 0.15) is 5.56 Å². The Balaban J connectivity index is 1.86. The van der Waals surface area contributed by atoms with Crippen LogP contribution in [0.15, 0.2) is 53.4 Å². The molecule has 0 aliphatic heterocycles. The molecule has 4 heteroatoms. The summed E-state index contributed by atoms with van der Waals surface area (Å²) in [6.07, 6.45) is -0.0588. The van der Waals surface area contributed by atoms with Gasteiger partial charge in [-0.05, 0) is 42.3 Å². The molecule has 0 amide bonds. The van der Waals surface area contributed by atoms with Gasteiger partial charge in [0.25, 0.3) is 0 Å². The maximum absolute atomic E-state index is 13.0. The number of benzene rings is 2. The van der Waals surface area contributed by atoms with E-state index in [9.17, 15) is 9.50 Å². The number of halogens is 2. The minimum Gasteiger partial charge on any atom is -0.392 e. The minimum absolute atomic E-state index is 0.271.